The molecule has 0 aromatic rings. The van der Waals surface area contributed by atoms with Gasteiger partial charge in [-0.1, -0.05) is 13.8 Å². The van der Waals surface area contributed by atoms with Gasteiger partial charge < -0.3 is 10.1 Å². The zero-order chi connectivity index (χ0) is 11.4. The number of alkyl carbamates (subject to hydrolysis) is 1. The third-order valence-corrected chi connectivity index (χ3v) is 2.12. The van der Waals surface area contributed by atoms with Crippen LogP contribution in [0.15, 0.2) is 0 Å². The van der Waals surface area contributed by atoms with E-state index < -0.39 is 17.2 Å². The summed E-state index contributed by atoms with van der Waals surface area (Å²) in [6.07, 6.45) is 1.20. The molecular formula is C11H22NO2. The van der Waals surface area contributed by atoms with Crippen LogP contribution in [0.25, 0.3) is 0 Å². The summed E-state index contributed by atoms with van der Waals surface area (Å²) in [7, 11) is 0. The van der Waals surface area contributed by atoms with Gasteiger partial charge in [0.15, 0.2) is 0 Å². The lowest BCUT2D eigenvalue weighted by molar-refractivity contribution is 0.0471. The van der Waals surface area contributed by atoms with Gasteiger partial charge in [-0.2, -0.15) is 0 Å². The van der Waals surface area contributed by atoms with Crippen LogP contribution in [0.2, 0.25) is 0 Å². The summed E-state index contributed by atoms with van der Waals surface area (Å²) in [6, 6.07) is 0. The number of ether oxygens (including phenoxy) is 1. The van der Waals surface area contributed by atoms with Gasteiger partial charge in [0.2, 0.25) is 0 Å². The van der Waals surface area contributed by atoms with Crippen molar-refractivity contribution in [2.75, 3.05) is 0 Å². The molecule has 0 aromatic carbocycles. The van der Waals surface area contributed by atoms with Crippen LogP contribution < -0.4 is 5.32 Å². The molecular weight excluding hydrogens is 178 g/mol. The Hall–Kier alpha value is -0.730. The molecule has 14 heavy (non-hydrogen) atoms. The van der Waals surface area contributed by atoms with Crippen molar-refractivity contribution in [1.29, 1.82) is 0 Å². The second kappa shape index (κ2) is 4.67. The minimum absolute atomic E-state index is 0.392. The Balaban J connectivity index is 4.18. The van der Waals surface area contributed by atoms with Crippen molar-refractivity contribution in [1.82, 2.24) is 5.32 Å². The van der Waals surface area contributed by atoms with E-state index in [-0.39, 0.29) is 0 Å². The summed E-state index contributed by atoms with van der Waals surface area (Å²) in [5, 5.41) is 2.78. The smallest absolute Gasteiger partial charge is 0.408 e. The molecule has 0 aliphatic heterocycles. The molecule has 0 aliphatic carbocycles. The number of rotatable bonds is 3. The molecule has 1 radical (unpaired) electrons. The Labute approximate surface area is 87.2 Å². The van der Waals surface area contributed by atoms with Gasteiger partial charge >= 0.3 is 6.09 Å². The fourth-order valence-corrected chi connectivity index (χ4v) is 0.947. The lowest BCUT2D eigenvalue weighted by Gasteiger charge is -2.29. The molecule has 1 N–H and O–H groups in total. The molecule has 3 nitrogen and oxygen atoms in total. The first-order valence-corrected chi connectivity index (χ1v) is 5.09. The van der Waals surface area contributed by atoms with Crippen molar-refractivity contribution in [3.05, 3.63) is 6.92 Å². The Morgan fingerprint density at radius 3 is 2.00 bits per heavy atom. The Kier molecular flexibility index (Phi) is 4.43. The number of amides is 1. The van der Waals surface area contributed by atoms with E-state index in [1.165, 1.54) is 0 Å². The highest BCUT2D eigenvalue weighted by Gasteiger charge is 2.25. The number of carbonyl (C=O) groups excluding carboxylic acids is 1. The third-order valence-electron chi connectivity index (χ3n) is 2.12. The molecule has 0 spiro atoms. The third kappa shape index (κ3) is 5.10. The summed E-state index contributed by atoms with van der Waals surface area (Å²) in [5.41, 5.74) is -0.852. The van der Waals surface area contributed by atoms with E-state index in [2.05, 4.69) is 12.2 Å². The van der Waals surface area contributed by atoms with Gasteiger partial charge in [0.1, 0.15) is 5.60 Å². The molecule has 0 fully saturated rings. The van der Waals surface area contributed by atoms with Crippen molar-refractivity contribution < 1.29 is 9.53 Å². The molecule has 1 amide bonds. The SMILES string of the molecule is [CH2]C(CC)(CC)NC(=O)OC(C)(C)C. The number of carbonyl (C=O) groups is 1. The molecule has 3 heteroatoms. The minimum atomic E-state index is -0.452. The lowest BCUT2D eigenvalue weighted by atomic mass is 9.96. The number of hydrogen-bond donors (Lipinski definition) is 1. The molecule has 0 saturated heterocycles. The molecule has 0 unspecified atom stereocenters. The van der Waals surface area contributed by atoms with E-state index >= 15 is 0 Å². The van der Waals surface area contributed by atoms with Crippen LogP contribution >= 0.6 is 0 Å². The molecule has 0 saturated carbocycles. The van der Waals surface area contributed by atoms with Crippen LogP contribution in [0.1, 0.15) is 47.5 Å². The highest BCUT2D eigenvalue weighted by atomic mass is 16.6. The second-order valence-corrected chi connectivity index (χ2v) is 4.61. The maximum atomic E-state index is 11.4. The quantitative estimate of drug-likeness (QED) is 0.760. The van der Waals surface area contributed by atoms with Crippen LogP contribution in [0, 0.1) is 6.92 Å². The number of hydrogen-bond acceptors (Lipinski definition) is 2. The van der Waals surface area contributed by atoms with Crippen LogP contribution in [0.3, 0.4) is 0 Å². The summed E-state index contributed by atoms with van der Waals surface area (Å²) >= 11 is 0. The Bertz CT molecular complexity index is 190. The van der Waals surface area contributed by atoms with Crippen LogP contribution in [-0.4, -0.2) is 17.2 Å². The van der Waals surface area contributed by atoms with Crippen molar-refractivity contribution in [3.8, 4) is 0 Å². The van der Waals surface area contributed by atoms with E-state index in [0.717, 1.165) is 12.8 Å². The first-order valence-electron chi connectivity index (χ1n) is 5.09. The normalized spacial score (nSPS) is 12.4. The maximum Gasteiger partial charge on any atom is 0.408 e. The zero-order valence-corrected chi connectivity index (χ0v) is 9.94. The average Bonchev–Trinajstić information content (AvgIpc) is 2.00. The van der Waals surface area contributed by atoms with E-state index in [4.69, 9.17) is 4.74 Å². The van der Waals surface area contributed by atoms with Crippen molar-refractivity contribution >= 4 is 6.09 Å². The van der Waals surface area contributed by atoms with Gasteiger partial charge in [0, 0.05) is 5.54 Å². The van der Waals surface area contributed by atoms with Gasteiger partial charge in [-0.3, -0.25) is 0 Å². The van der Waals surface area contributed by atoms with Gasteiger partial charge in [-0.05, 0) is 40.5 Å². The summed E-state index contributed by atoms with van der Waals surface area (Å²) < 4.78 is 5.15. The zero-order valence-electron chi connectivity index (χ0n) is 9.94. The van der Waals surface area contributed by atoms with E-state index in [0.29, 0.717) is 0 Å². The maximum absolute atomic E-state index is 11.4. The summed E-state index contributed by atoms with van der Waals surface area (Å²) in [4.78, 5) is 11.4. The Morgan fingerprint density at radius 1 is 1.29 bits per heavy atom. The predicted molar refractivity (Wildman–Crippen MR) is 58.0 cm³/mol. The van der Waals surface area contributed by atoms with Crippen molar-refractivity contribution in [3.63, 3.8) is 0 Å². The lowest BCUT2D eigenvalue weighted by Crippen LogP contribution is -2.47. The average molecular weight is 200 g/mol. The standard InChI is InChI=1S/C11H22NO2/c1-7-11(6,8-2)12-9(13)14-10(3,4)5/h6-8H2,1-5H3,(H,12,13). The number of nitrogens with one attached hydrogen (secondary N) is 1. The minimum Gasteiger partial charge on any atom is -0.444 e. The van der Waals surface area contributed by atoms with Gasteiger partial charge in [0.05, 0.1) is 0 Å². The highest BCUT2D eigenvalue weighted by molar-refractivity contribution is 5.68. The van der Waals surface area contributed by atoms with Crippen LogP contribution in [0.4, 0.5) is 4.79 Å². The van der Waals surface area contributed by atoms with E-state index in [1.807, 2.05) is 34.6 Å². The molecule has 0 atom stereocenters. The van der Waals surface area contributed by atoms with Crippen molar-refractivity contribution in [2.24, 2.45) is 0 Å². The van der Waals surface area contributed by atoms with Crippen molar-refractivity contribution in [2.45, 2.75) is 58.6 Å². The first kappa shape index (κ1) is 13.3. The van der Waals surface area contributed by atoms with Crippen LogP contribution in [0.5, 0.6) is 0 Å². The molecule has 0 heterocycles. The highest BCUT2D eigenvalue weighted by Crippen LogP contribution is 2.14. The van der Waals surface area contributed by atoms with Gasteiger partial charge in [-0.25, -0.2) is 4.79 Å². The molecule has 0 rings (SSSR count). The van der Waals surface area contributed by atoms with E-state index in [9.17, 15) is 4.79 Å². The van der Waals surface area contributed by atoms with Gasteiger partial charge in [0.25, 0.3) is 0 Å². The fraction of sp³-hybridized carbons (Fsp3) is 0.818. The largest absolute Gasteiger partial charge is 0.444 e. The summed E-state index contributed by atoms with van der Waals surface area (Å²) in [5.74, 6) is 0. The Morgan fingerprint density at radius 2 is 1.71 bits per heavy atom. The molecule has 83 valence electrons. The molecule has 0 bridgehead atoms. The first-order chi connectivity index (χ1) is 6.22. The van der Waals surface area contributed by atoms with E-state index in [1.54, 1.807) is 0 Å². The molecule has 0 aromatic heterocycles. The van der Waals surface area contributed by atoms with Gasteiger partial charge in [-0.15, -0.1) is 0 Å². The fourth-order valence-electron chi connectivity index (χ4n) is 0.947. The summed E-state index contributed by atoms with van der Waals surface area (Å²) in [6.45, 7) is 13.5. The predicted octanol–water partition coefficient (Wildman–Crippen LogP) is 2.90. The second-order valence-electron chi connectivity index (χ2n) is 4.61. The molecule has 0 aliphatic rings. The van der Waals surface area contributed by atoms with Crippen LogP contribution in [-0.2, 0) is 4.74 Å². The monoisotopic (exact) mass is 200 g/mol. The topological polar surface area (TPSA) is 38.3 Å².